The molecule has 0 heterocycles. The van der Waals surface area contributed by atoms with Crippen LogP contribution in [-0.4, -0.2) is 0 Å². The first-order chi connectivity index (χ1) is 11.8. The van der Waals surface area contributed by atoms with Crippen molar-refractivity contribution in [3.63, 3.8) is 0 Å². The molecule has 0 saturated carbocycles. The van der Waals surface area contributed by atoms with E-state index in [4.69, 9.17) is 11.6 Å². The summed E-state index contributed by atoms with van der Waals surface area (Å²) in [5, 5.41) is 0.545. The van der Waals surface area contributed by atoms with E-state index in [0.717, 1.165) is 28.3 Å². The second-order valence-corrected chi connectivity index (χ2v) is 7.12. The van der Waals surface area contributed by atoms with Gasteiger partial charge in [-0.3, -0.25) is 0 Å². The normalized spacial score (nSPS) is 11.6. The number of hydrogen-bond donors (Lipinski definition) is 0. The highest BCUT2D eigenvalue weighted by atomic mass is 35.5. The van der Waals surface area contributed by atoms with Gasteiger partial charge in [0.15, 0.2) is 0 Å². The molecular weight excluding hydrogens is 365 g/mol. The molecule has 0 unspecified atom stereocenters. The van der Waals surface area contributed by atoms with Crippen molar-refractivity contribution in [1.29, 1.82) is 0 Å². The van der Waals surface area contributed by atoms with Crippen molar-refractivity contribution < 1.29 is 13.2 Å². The van der Waals surface area contributed by atoms with Crippen molar-refractivity contribution in [3.8, 4) is 11.1 Å². The van der Waals surface area contributed by atoms with Crippen LogP contribution in [0.1, 0.15) is 11.1 Å². The lowest BCUT2D eigenvalue weighted by atomic mass is 10.0. The van der Waals surface area contributed by atoms with Crippen LogP contribution < -0.4 is 0 Å². The zero-order valence-corrected chi connectivity index (χ0v) is 14.8. The molecule has 0 saturated heterocycles. The third-order valence-electron chi connectivity index (χ3n) is 3.72. The molecule has 0 atom stereocenters. The van der Waals surface area contributed by atoms with Crippen molar-refractivity contribution in [2.24, 2.45) is 0 Å². The van der Waals surface area contributed by atoms with Crippen molar-refractivity contribution >= 4 is 23.4 Å². The average molecular weight is 379 g/mol. The SMILES string of the molecule is Cc1ccc(Sc2c(-c3ccc(Cl)cc3)cccc2C(F)(F)F)cc1. The molecule has 0 nitrogen and oxygen atoms in total. The molecule has 25 heavy (non-hydrogen) atoms. The van der Waals surface area contributed by atoms with Crippen molar-refractivity contribution in [2.75, 3.05) is 0 Å². The summed E-state index contributed by atoms with van der Waals surface area (Å²) in [6.07, 6.45) is -4.42. The molecule has 3 rings (SSSR count). The topological polar surface area (TPSA) is 0 Å². The summed E-state index contributed by atoms with van der Waals surface area (Å²) >= 11 is 7.02. The van der Waals surface area contributed by atoms with Gasteiger partial charge in [0, 0.05) is 14.8 Å². The Morgan fingerprint density at radius 3 is 2.08 bits per heavy atom. The molecule has 5 heteroatoms. The van der Waals surface area contributed by atoms with Crippen LogP contribution in [0.4, 0.5) is 13.2 Å². The zero-order valence-electron chi connectivity index (χ0n) is 13.3. The van der Waals surface area contributed by atoms with Gasteiger partial charge in [-0.05, 0) is 48.4 Å². The van der Waals surface area contributed by atoms with Crippen LogP contribution in [0.15, 0.2) is 76.5 Å². The predicted octanol–water partition coefficient (Wildman–Crippen LogP) is 7.49. The highest BCUT2D eigenvalue weighted by Gasteiger charge is 2.34. The molecule has 0 aromatic heterocycles. The van der Waals surface area contributed by atoms with Crippen LogP contribution in [-0.2, 0) is 6.18 Å². The Balaban J connectivity index is 2.14. The molecule has 0 radical (unpaired) electrons. The fourth-order valence-corrected chi connectivity index (χ4v) is 3.67. The van der Waals surface area contributed by atoms with E-state index in [2.05, 4.69) is 0 Å². The van der Waals surface area contributed by atoms with E-state index < -0.39 is 11.7 Å². The van der Waals surface area contributed by atoms with E-state index in [-0.39, 0.29) is 4.90 Å². The summed E-state index contributed by atoms with van der Waals surface area (Å²) in [6, 6.07) is 18.5. The molecule has 0 aliphatic heterocycles. The van der Waals surface area contributed by atoms with Crippen LogP contribution in [0.3, 0.4) is 0 Å². The molecular formula is C20H14ClF3S. The summed E-state index contributed by atoms with van der Waals surface area (Å²) in [5.41, 5.74) is 1.67. The smallest absolute Gasteiger partial charge is 0.166 e. The van der Waals surface area contributed by atoms with E-state index >= 15 is 0 Å². The van der Waals surface area contributed by atoms with Gasteiger partial charge >= 0.3 is 6.18 Å². The van der Waals surface area contributed by atoms with Gasteiger partial charge in [-0.25, -0.2) is 0 Å². The predicted molar refractivity (Wildman–Crippen MR) is 97.2 cm³/mol. The molecule has 0 aliphatic carbocycles. The summed E-state index contributed by atoms with van der Waals surface area (Å²) in [7, 11) is 0. The molecule has 0 spiro atoms. The lowest BCUT2D eigenvalue weighted by molar-refractivity contribution is -0.139. The Hall–Kier alpha value is -1.91. The maximum atomic E-state index is 13.5. The van der Waals surface area contributed by atoms with Crippen molar-refractivity contribution in [1.82, 2.24) is 0 Å². The Morgan fingerprint density at radius 1 is 0.840 bits per heavy atom. The maximum absolute atomic E-state index is 13.5. The first-order valence-electron chi connectivity index (χ1n) is 7.55. The Morgan fingerprint density at radius 2 is 1.48 bits per heavy atom. The zero-order chi connectivity index (χ0) is 18.0. The second-order valence-electron chi connectivity index (χ2n) is 5.60. The molecule has 0 bridgehead atoms. The van der Waals surface area contributed by atoms with Crippen LogP contribution in [0.25, 0.3) is 11.1 Å². The highest BCUT2D eigenvalue weighted by Crippen LogP contribution is 2.44. The number of rotatable bonds is 3. The summed E-state index contributed by atoms with van der Waals surface area (Å²) in [4.78, 5) is 0.957. The van der Waals surface area contributed by atoms with Crippen LogP contribution in [0.5, 0.6) is 0 Å². The van der Waals surface area contributed by atoms with E-state index in [9.17, 15) is 13.2 Å². The first-order valence-corrected chi connectivity index (χ1v) is 8.75. The first kappa shape index (κ1) is 17.9. The number of hydrogen-bond acceptors (Lipinski definition) is 1. The molecule has 3 aromatic carbocycles. The average Bonchev–Trinajstić information content (AvgIpc) is 2.57. The maximum Gasteiger partial charge on any atom is 0.417 e. The minimum Gasteiger partial charge on any atom is -0.166 e. The lowest BCUT2D eigenvalue weighted by Gasteiger charge is -2.17. The van der Waals surface area contributed by atoms with Crippen LogP contribution in [0.2, 0.25) is 5.02 Å². The van der Waals surface area contributed by atoms with Gasteiger partial charge in [-0.1, -0.05) is 65.3 Å². The van der Waals surface area contributed by atoms with Crippen molar-refractivity contribution in [3.05, 3.63) is 82.9 Å². The number of alkyl halides is 3. The van der Waals surface area contributed by atoms with Gasteiger partial charge in [0.25, 0.3) is 0 Å². The molecule has 128 valence electrons. The van der Waals surface area contributed by atoms with Gasteiger partial charge in [-0.15, -0.1) is 0 Å². The molecule has 0 aliphatic rings. The Kier molecular flexibility index (Phi) is 5.11. The monoisotopic (exact) mass is 378 g/mol. The molecule has 0 fully saturated rings. The minimum atomic E-state index is -4.42. The fourth-order valence-electron chi connectivity index (χ4n) is 2.45. The van der Waals surface area contributed by atoms with Crippen LogP contribution in [0, 0.1) is 6.92 Å². The number of benzene rings is 3. The summed E-state index contributed by atoms with van der Waals surface area (Å²) in [5.74, 6) is 0. The number of aryl methyl sites for hydroxylation is 1. The van der Waals surface area contributed by atoms with E-state index in [1.54, 1.807) is 30.3 Å². The minimum absolute atomic E-state index is 0.196. The molecule has 3 aromatic rings. The molecule has 0 amide bonds. The van der Waals surface area contributed by atoms with Gasteiger partial charge < -0.3 is 0 Å². The largest absolute Gasteiger partial charge is 0.417 e. The third kappa shape index (κ3) is 4.20. The van der Waals surface area contributed by atoms with Crippen LogP contribution >= 0.6 is 23.4 Å². The van der Waals surface area contributed by atoms with E-state index in [1.807, 2.05) is 31.2 Å². The van der Waals surface area contributed by atoms with Gasteiger partial charge in [0.1, 0.15) is 0 Å². The highest BCUT2D eigenvalue weighted by molar-refractivity contribution is 7.99. The van der Waals surface area contributed by atoms with Gasteiger partial charge in [0.05, 0.1) is 5.56 Å². The van der Waals surface area contributed by atoms with Gasteiger partial charge in [0.2, 0.25) is 0 Å². The second kappa shape index (κ2) is 7.14. The molecule has 0 N–H and O–H groups in total. The van der Waals surface area contributed by atoms with E-state index in [1.165, 1.54) is 6.07 Å². The fraction of sp³-hybridized carbons (Fsp3) is 0.100. The van der Waals surface area contributed by atoms with Crippen molar-refractivity contribution in [2.45, 2.75) is 22.9 Å². The number of halogens is 4. The Labute approximate surface area is 153 Å². The summed E-state index contributed by atoms with van der Waals surface area (Å²) in [6.45, 7) is 1.94. The third-order valence-corrected chi connectivity index (χ3v) is 5.12. The van der Waals surface area contributed by atoms with Gasteiger partial charge in [-0.2, -0.15) is 13.2 Å². The summed E-state index contributed by atoms with van der Waals surface area (Å²) < 4.78 is 40.6. The van der Waals surface area contributed by atoms with E-state index in [0.29, 0.717) is 16.1 Å². The lowest BCUT2D eigenvalue weighted by Crippen LogP contribution is -2.07. The Bertz CT molecular complexity index is 869. The standard InChI is InChI=1S/C20H14ClF3S/c1-13-5-11-16(12-6-13)25-19-17(14-7-9-15(21)10-8-14)3-2-4-18(19)20(22,23)24/h2-12H,1H3. The quantitative estimate of drug-likeness (QED) is 0.455.